The van der Waals surface area contributed by atoms with Crippen molar-refractivity contribution in [2.45, 2.75) is 44.9 Å². The summed E-state index contributed by atoms with van der Waals surface area (Å²) < 4.78 is 73.0. The van der Waals surface area contributed by atoms with Crippen molar-refractivity contribution in [1.82, 2.24) is 0 Å². The van der Waals surface area contributed by atoms with E-state index in [4.69, 9.17) is 82.0 Å². The van der Waals surface area contributed by atoms with Crippen LogP contribution in [0.15, 0.2) is 243 Å². The predicted octanol–water partition coefficient (Wildman–Crippen LogP) is 11.3. The lowest BCUT2D eigenvalue weighted by Crippen LogP contribution is -2.29. The van der Waals surface area contributed by atoms with Crippen molar-refractivity contribution in [2.75, 3.05) is 119 Å². The molecule has 486 valence electrons. The maximum absolute atomic E-state index is 8.91. The average molecular weight is 1240 g/mol. The number of rotatable bonds is 40. The Hall–Kier alpha value is -8.04. The van der Waals surface area contributed by atoms with E-state index in [2.05, 4.69) is 0 Å². The molecular formula is C73H92O17. The van der Waals surface area contributed by atoms with Gasteiger partial charge < -0.3 is 82.0 Å². The van der Waals surface area contributed by atoms with E-state index in [1.54, 1.807) is 0 Å². The van der Waals surface area contributed by atoms with E-state index in [1.807, 2.05) is 257 Å². The fourth-order valence-corrected chi connectivity index (χ4v) is 7.52. The summed E-state index contributed by atoms with van der Waals surface area (Å²) in [7, 11) is 0. The summed E-state index contributed by atoms with van der Waals surface area (Å²) in [4.78, 5) is 0. The highest BCUT2D eigenvalue weighted by atomic mass is 16.6. The summed E-state index contributed by atoms with van der Waals surface area (Å²) in [6.07, 6.45) is -0.930. The molecular weight excluding hydrogens is 1150 g/mol. The number of benzene rings is 8. The molecule has 0 aliphatic rings. The van der Waals surface area contributed by atoms with Crippen LogP contribution in [0.25, 0.3) is 0 Å². The molecule has 0 aliphatic carbocycles. The van der Waals surface area contributed by atoms with Gasteiger partial charge in [0.1, 0.15) is 111 Å². The molecule has 8 aromatic carbocycles. The second-order valence-corrected chi connectivity index (χ2v) is 18.8. The molecule has 0 bridgehead atoms. The van der Waals surface area contributed by atoms with Crippen molar-refractivity contribution in [2.24, 2.45) is 0 Å². The van der Waals surface area contributed by atoms with Crippen molar-refractivity contribution in [3.05, 3.63) is 248 Å². The summed E-state index contributed by atoms with van der Waals surface area (Å²) >= 11 is 0. The molecule has 0 radical (unpaired) electrons. The molecule has 0 spiro atoms. The zero-order valence-electron chi connectivity index (χ0n) is 51.9. The van der Waals surface area contributed by atoms with Crippen molar-refractivity contribution < 1.29 is 82.0 Å². The van der Waals surface area contributed by atoms with Gasteiger partial charge in [0.25, 0.3) is 0 Å². The summed E-state index contributed by atoms with van der Waals surface area (Å²) in [5.41, 5.74) is 1.12. The Labute approximate surface area is 532 Å². The van der Waals surface area contributed by atoms with Crippen LogP contribution in [-0.2, 0) is 35.0 Å². The minimum absolute atomic E-state index is 0.0134. The third-order valence-corrected chi connectivity index (χ3v) is 11.8. The number of hydrogen-bond acceptors (Lipinski definition) is 17. The van der Waals surface area contributed by atoms with Gasteiger partial charge in [0, 0.05) is 0 Å². The van der Waals surface area contributed by atoms with Crippen molar-refractivity contribution in [3.63, 3.8) is 0 Å². The molecule has 0 amide bonds. The molecule has 8 aromatic rings. The van der Waals surface area contributed by atoms with Gasteiger partial charge in [0.05, 0.1) is 79.3 Å². The summed E-state index contributed by atoms with van der Waals surface area (Å²) in [5, 5.41) is 35.6. The van der Waals surface area contributed by atoms with Gasteiger partial charge in [0.15, 0.2) is 0 Å². The van der Waals surface area contributed by atoms with E-state index >= 15 is 0 Å². The SMILES string of the molecule is CC.OCCOC(COCCOc1ccccc1)COc1ccccc1.OCCOC(COCc1ccccc1)COc1ccccc1.OCCOC(COc1ccccc1)COc1ccccc1.OCCOC(COc1ccccc1)COc1ccccc1. The molecule has 2 atom stereocenters. The summed E-state index contributed by atoms with van der Waals surface area (Å²) in [6, 6.07) is 76.9. The molecule has 8 rings (SSSR count). The lowest BCUT2D eigenvalue weighted by Gasteiger charge is -2.18. The lowest BCUT2D eigenvalue weighted by atomic mass is 10.2. The smallest absolute Gasteiger partial charge is 0.125 e. The first-order valence-corrected chi connectivity index (χ1v) is 30.4. The molecule has 2 unspecified atom stereocenters. The zero-order valence-corrected chi connectivity index (χ0v) is 51.9. The van der Waals surface area contributed by atoms with Gasteiger partial charge in [0.2, 0.25) is 0 Å². The number of hydrogen-bond donors (Lipinski definition) is 4. The molecule has 0 aliphatic heterocycles. The first-order chi connectivity index (χ1) is 44.5. The van der Waals surface area contributed by atoms with Crippen LogP contribution < -0.4 is 33.2 Å². The van der Waals surface area contributed by atoms with Crippen LogP contribution in [-0.4, -0.2) is 164 Å². The van der Waals surface area contributed by atoms with Gasteiger partial charge in [-0.2, -0.15) is 0 Å². The van der Waals surface area contributed by atoms with E-state index in [1.165, 1.54) is 0 Å². The molecule has 0 aromatic heterocycles. The first kappa shape index (κ1) is 74.4. The standard InChI is InChI=1S/C19H24O5.C18H22O4.2C17H20O4.C2H6/c20-11-12-22-19(16-24-18-9-5-2-6-10-18)15-21-13-14-23-17-7-3-1-4-8-17;19-11-12-21-18(15-22-17-9-5-2-6-10-17)14-20-13-16-7-3-1-4-8-16;2*18-11-12-19-17(13-20-15-7-3-1-4-8-15)14-21-16-9-5-2-6-10-16;1-2/h1-10,19-20H,11-16H2;1-10,18-19H,11-15H2;2*1-10,17-18H,11-14H2;1-2H3. The van der Waals surface area contributed by atoms with E-state index in [-0.39, 0.29) is 77.3 Å². The van der Waals surface area contributed by atoms with Crippen LogP contribution in [0.1, 0.15) is 19.4 Å². The Morgan fingerprint density at radius 1 is 0.233 bits per heavy atom. The Morgan fingerprint density at radius 3 is 0.689 bits per heavy atom. The Morgan fingerprint density at radius 2 is 0.444 bits per heavy atom. The van der Waals surface area contributed by atoms with Gasteiger partial charge in [-0.3, -0.25) is 0 Å². The molecule has 90 heavy (non-hydrogen) atoms. The van der Waals surface area contributed by atoms with Crippen LogP contribution >= 0.6 is 0 Å². The second kappa shape index (κ2) is 51.8. The molecule has 0 saturated carbocycles. The lowest BCUT2D eigenvalue weighted by molar-refractivity contribution is -0.0502. The zero-order chi connectivity index (χ0) is 63.8. The van der Waals surface area contributed by atoms with Crippen molar-refractivity contribution in [3.8, 4) is 40.2 Å². The monoisotopic (exact) mass is 1240 g/mol. The Bertz CT molecular complexity index is 2600. The van der Waals surface area contributed by atoms with E-state index in [9.17, 15) is 0 Å². The van der Waals surface area contributed by atoms with E-state index in [0.717, 1.165) is 45.8 Å². The average Bonchev–Trinajstić information content (AvgIpc) is 3.74. The fraction of sp³-hybridized carbons (Fsp3) is 0.342. The van der Waals surface area contributed by atoms with Gasteiger partial charge in [-0.25, -0.2) is 0 Å². The van der Waals surface area contributed by atoms with Gasteiger partial charge in [-0.15, -0.1) is 0 Å². The molecule has 17 heteroatoms. The highest BCUT2D eigenvalue weighted by Crippen LogP contribution is 2.16. The highest BCUT2D eigenvalue weighted by molar-refractivity contribution is 5.25. The van der Waals surface area contributed by atoms with Gasteiger partial charge in [-0.1, -0.05) is 172 Å². The minimum atomic E-state index is -0.242. The Balaban J connectivity index is 0.000000254. The van der Waals surface area contributed by atoms with Crippen LogP contribution in [0.4, 0.5) is 0 Å². The maximum atomic E-state index is 8.91. The topological polar surface area (TPSA) is 201 Å². The molecule has 0 heterocycles. The largest absolute Gasteiger partial charge is 0.491 e. The van der Waals surface area contributed by atoms with Crippen LogP contribution in [0.3, 0.4) is 0 Å². The normalized spacial score (nSPS) is 11.1. The second-order valence-electron chi connectivity index (χ2n) is 18.8. The van der Waals surface area contributed by atoms with Crippen LogP contribution in [0.2, 0.25) is 0 Å². The molecule has 4 N–H and O–H groups in total. The third-order valence-electron chi connectivity index (χ3n) is 11.8. The molecule has 17 nitrogen and oxygen atoms in total. The number of aliphatic hydroxyl groups is 4. The third kappa shape index (κ3) is 37.1. The molecule has 0 fully saturated rings. The fourth-order valence-electron chi connectivity index (χ4n) is 7.52. The Kier molecular flexibility index (Phi) is 42.8. The summed E-state index contributed by atoms with van der Waals surface area (Å²) in [6.45, 7) is 9.48. The predicted molar refractivity (Wildman–Crippen MR) is 349 cm³/mol. The van der Waals surface area contributed by atoms with E-state index in [0.29, 0.717) is 72.7 Å². The highest BCUT2D eigenvalue weighted by Gasteiger charge is 2.15. The van der Waals surface area contributed by atoms with Crippen molar-refractivity contribution >= 4 is 0 Å². The molecule has 0 saturated heterocycles. The minimum Gasteiger partial charge on any atom is -0.491 e. The number of ether oxygens (including phenoxy) is 13. The first-order valence-electron chi connectivity index (χ1n) is 30.4. The summed E-state index contributed by atoms with van der Waals surface area (Å²) in [5.74, 6) is 5.54. The van der Waals surface area contributed by atoms with Crippen LogP contribution in [0, 0.1) is 0 Å². The van der Waals surface area contributed by atoms with Gasteiger partial charge >= 0.3 is 0 Å². The number of aliphatic hydroxyl groups excluding tert-OH is 4. The van der Waals surface area contributed by atoms with Crippen LogP contribution in [0.5, 0.6) is 40.2 Å². The quantitative estimate of drug-likeness (QED) is 0.0264. The maximum Gasteiger partial charge on any atom is 0.125 e. The number of para-hydroxylation sites is 7. The van der Waals surface area contributed by atoms with E-state index < -0.39 is 0 Å². The van der Waals surface area contributed by atoms with Crippen molar-refractivity contribution in [1.29, 1.82) is 0 Å². The van der Waals surface area contributed by atoms with Gasteiger partial charge in [-0.05, 0) is 90.5 Å².